The van der Waals surface area contributed by atoms with Crippen LogP contribution >= 0.6 is 0 Å². The number of ether oxygens (including phenoxy) is 5. The number of hydrogen-bond acceptors (Lipinski definition) is 12. The number of nitrogens with one attached hydrogen (secondary N) is 4. The smallest absolute Gasteiger partial charge is 0.266 e. The fraction of sp³-hybridized carbons (Fsp3) is 0.833. The molecule has 232 valence electrons. The zero-order chi connectivity index (χ0) is 29.1. The maximum Gasteiger partial charge on any atom is 0.266 e. The number of carbonyl (C=O) groups excluding carboxylic acids is 2. The van der Waals surface area contributed by atoms with Gasteiger partial charge in [0.1, 0.15) is 12.7 Å². The molecule has 1 heterocycles. The van der Waals surface area contributed by atoms with Gasteiger partial charge in [-0.05, 0) is 19.3 Å². The molecule has 1 aliphatic carbocycles. The highest BCUT2D eigenvalue weighted by molar-refractivity contribution is 7.85. The van der Waals surface area contributed by atoms with Crippen molar-refractivity contribution in [1.82, 2.24) is 26.6 Å². The van der Waals surface area contributed by atoms with Crippen molar-refractivity contribution >= 4 is 21.9 Å². The number of hydrazine groups is 2. The molecule has 0 fully saturated rings. The Morgan fingerprint density at radius 1 is 0.950 bits per heavy atom. The van der Waals surface area contributed by atoms with Crippen molar-refractivity contribution in [2.24, 2.45) is 0 Å². The van der Waals surface area contributed by atoms with Gasteiger partial charge in [0.25, 0.3) is 10.1 Å². The molecular weight excluding hydrogens is 550 g/mol. The summed E-state index contributed by atoms with van der Waals surface area (Å²) in [6, 6.07) is 0. The molecule has 15 nitrogen and oxygen atoms in total. The van der Waals surface area contributed by atoms with E-state index in [9.17, 15) is 18.0 Å². The molecule has 2 aliphatic rings. The Bertz CT molecular complexity index is 889. The topological polar surface area (TPSA) is 186 Å². The van der Waals surface area contributed by atoms with E-state index in [0.29, 0.717) is 52.8 Å². The van der Waals surface area contributed by atoms with Crippen LogP contribution in [0, 0.1) is 0 Å². The van der Waals surface area contributed by atoms with Gasteiger partial charge in [-0.15, -0.1) is 5.53 Å². The largest absolute Gasteiger partial charge is 0.379 e. The van der Waals surface area contributed by atoms with Crippen LogP contribution in [0.5, 0.6) is 0 Å². The van der Waals surface area contributed by atoms with Crippen molar-refractivity contribution in [2.75, 3.05) is 85.4 Å². The molecule has 0 saturated carbocycles. The van der Waals surface area contributed by atoms with Gasteiger partial charge in [0.15, 0.2) is 0 Å². The quantitative estimate of drug-likeness (QED) is 0.0811. The second-order valence-electron chi connectivity index (χ2n) is 9.16. The fourth-order valence-electron chi connectivity index (χ4n) is 3.99. The first-order chi connectivity index (χ1) is 19.3. The van der Waals surface area contributed by atoms with Crippen LogP contribution in [-0.2, 0) is 43.4 Å². The Kier molecular flexibility index (Phi) is 17.0. The average Bonchev–Trinajstić information content (AvgIpc) is 3.29. The van der Waals surface area contributed by atoms with Gasteiger partial charge in [0.05, 0.1) is 76.5 Å². The molecule has 0 radical (unpaired) electrons. The van der Waals surface area contributed by atoms with Crippen LogP contribution in [0.4, 0.5) is 0 Å². The van der Waals surface area contributed by atoms with E-state index >= 15 is 0 Å². The summed E-state index contributed by atoms with van der Waals surface area (Å²) in [6.07, 6.45) is 5.02. The third kappa shape index (κ3) is 15.1. The predicted molar refractivity (Wildman–Crippen MR) is 144 cm³/mol. The molecule has 0 saturated heterocycles. The minimum absolute atomic E-state index is 0.0352. The van der Waals surface area contributed by atoms with Crippen LogP contribution in [0.3, 0.4) is 0 Å². The number of carbonyl (C=O) groups is 2. The first-order valence-corrected chi connectivity index (χ1v) is 15.3. The highest BCUT2D eigenvalue weighted by Gasteiger charge is 2.29. The number of allylic oxidation sites excluding steroid dienone is 1. The monoisotopic (exact) mass is 595 g/mol. The fourth-order valence-corrected chi connectivity index (χ4v) is 4.35. The highest BCUT2D eigenvalue weighted by Crippen LogP contribution is 2.28. The van der Waals surface area contributed by atoms with Crippen molar-refractivity contribution in [3.05, 3.63) is 11.4 Å². The van der Waals surface area contributed by atoms with E-state index in [-0.39, 0.29) is 44.1 Å². The first-order valence-electron chi connectivity index (χ1n) is 13.7. The summed E-state index contributed by atoms with van der Waals surface area (Å²) < 4.78 is 57.5. The molecule has 0 aromatic heterocycles. The van der Waals surface area contributed by atoms with E-state index in [0.717, 1.165) is 43.5 Å². The zero-order valence-corrected chi connectivity index (χ0v) is 24.1. The van der Waals surface area contributed by atoms with Crippen LogP contribution in [0.1, 0.15) is 38.5 Å². The normalized spacial score (nSPS) is 17.6. The Morgan fingerprint density at radius 2 is 1.60 bits per heavy atom. The second kappa shape index (κ2) is 19.9. The van der Waals surface area contributed by atoms with Crippen molar-refractivity contribution in [3.8, 4) is 0 Å². The molecular formula is C24H45N5O10S. The van der Waals surface area contributed by atoms with Gasteiger partial charge in [0, 0.05) is 20.0 Å². The van der Waals surface area contributed by atoms with Gasteiger partial charge in [0.2, 0.25) is 11.8 Å². The molecule has 2 rings (SSSR count). The molecule has 0 bridgehead atoms. The molecule has 0 aromatic rings. The van der Waals surface area contributed by atoms with Crippen LogP contribution < -0.4 is 21.6 Å². The Hall–Kier alpha value is -2.05. The maximum absolute atomic E-state index is 11.6. The first kappa shape index (κ1) is 34.2. The number of nitrogens with zero attached hydrogens (tertiary/aromatic N) is 1. The number of amides is 2. The molecule has 0 spiro atoms. The minimum atomic E-state index is -4.08. The Labute approximate surface area is 236 Å². The minimum Gasteiger partial charge on any atom is -0.379 e. The summed E-state index contributed by atoms with van der Waals surface area (Å²) in [5.41, 5.74) is 8.57. The summed E-state index contributed by atoms with van der Waals surface area (Å²) in [4.78, 5) is 23.1. The van der Waals surface area contributed by atoms with E-state index in [1.54, 1.807) is 7.05 Å². The van der Waals surface area contributed by atoms with Gasteiger partial charge >= 0.3 is 0 Å². The molecule has 2 amide bonds. The van der Waals surface area contributed by atoms with Crippen molar-refractivity contribution in [3.63, 3.8) is 0 Å². The molecule has 16 heteroatoms. The third-order valence-corrected chi connectivity index (χ3v) is 6.81. The third-order valence-electron chi connectivity index (χ3n) is 6.09. The van der Waals surface area contributed by atoms with Crippen LogP contribution in [0.25, 0.3) is 0 Å². The van der Waals surface area contributed by atoms with E-state index in [2.05, 4.69) is 21.6 Å². The molecule has 1 unspecified atom stereocenters. The molecule has 0 aromatic carbocycles. The van der Waals surface area contributed by atoms with Crippen molar-refractivity contribution in [1.29, 1.82) is 0 Å². The van der Waals surface area contributed by atoms with Gasteiger partial charge in [-0.2, -0.15) is 8.42 Å². The van der Waals surface area contributed by atoms with E-state index in [4.69, 9.17) is 28.2 Å². The molecule has 1 atom stereocenters. The predicted octanol–water partition coefficient (Wildman–Crippen LogP) is -0.921. The lowest BCUT2D eigenvalue weighted by Gasteiger charge is -2.24. The lowest BCUT2D eigenvalue weighted by Crippen LogP contribution is -2.40. The van der Waals surface area contributed by atoms with Gasteiger partial charge in [-0.25, -0.2) is 0 Å². The molecule has 1 aliphatic heterocycles. The van der Waals surface area contributed by atoms with E-state index < -0.39 is 15.9 Å². The Morgan fingerprint density at radius 3 is 2.25 bits per heavy atom. The summed E-state index contributed by atoms with van der Waals surface area (Å²) in [6.45, 7) is 3.66. The van der Waals surface area contributed by atoms with E-state index in [1.807, 2.05) is 5.01 Å². The maximum atomic E-state index is 11.6. The lowest BCUT2D eigenvalue weighted by atomic mass is 9.99. The summed E-state index contributed by atoms with van der Waals surface area (Å²) >= 11 is 0. The molecule has 5 N–H and O–H groups in total. The average molecular weight is 596 g/mol. The Balaban J connectivity index is 1.45. The summed E-state index contributed by atoms with van der Waals surface area (Å²) in [5, 5.41) is 7.01. The van der Waals surface area contributed by atoms with Crippen molar-refractivity contribution < 1.29 is 46.2 Å². The second-order valence-corrected chi connectivity index (χ2v) is 10.7. The SMILES string of the molecule is CNC(=O)COC1CCCCCC2=C1NNN2CCOCCOCCOCCOCCC(=O)NCCS(=O)(=O)O. The summed E-state index contributed by atoms with van der Waals surface area (Å²) in [5.74, 6) is -1.01. The lowest BCUT2D eigenvalue weighted by molar-refractivity contribution is -0.126. The number of rotatable bonds is 21. The highest BCUT2D eigenvalue weighted by atomic mass is 32.2. The standard InChI is InChI=1S/C24H45N5O10S/c1-25-23(31)19-39-21-6-4-2-3-5-20-24(21)27-28-29(20)9-11-36-13-15-38-17-16-37-14-12-35-10-7-22(30)26-8-18-40(32,33)34/h21,27-28H,2-19H2,1H3,(H,25,31)(H,26,30)(H,32,33,34). The summed E-state index contributed by atoms with van der Waals surface area (Å²) in [7, 11) is -2.48. The molecule has 40 heavy (non-hydrogen) atoms. The van der Waals surface area contributed by atoms with Crippen LogP contribution in [-0.4, -0.2) is 121 Å². The van der Waals surface area contributed by atoms with Crippen LogP contribution in [0.15, 0.2) is 11.4 Å². The van der Waals surface area contributed by atoms with Crippen LogP contribution in [0.2, 0.25) is 0 Å². The zero-order valence-electron chi connectivity index (χ0n) is 23.3. The number of likely N-dealkylation sites (N-methyl/N-ethyl adjacent to an activating group) is 1. The van der Waals surface area contributed by atoms with E-state index in [1.165, 1.54) is 0 Å². The van der Waals surface area contributed by atoms with Gasteiger partial charge < -0.3 is 39.7 Å². The van der Waals surface area contributed by atoms with Gasteiger partial charge in [-0.3, -0.25) is 19.2 Å². The van der Waals surface area contributed by atoms with Crippen molar-refractivity contribution in [2.45, 2.75) is 44.6 Å². The number of hydrogen-bond donors (Lipinski definition) is 5. The van der Waals surface area contributed by atoms with Gasteiger partial charge in [-0.1, -0.05) is 12.8 Å².